The largest absolute Gasteiger partial charge is 0.463 e. The van der Waals surface area contributed by atoms with Crippen LogP contribution in [0.25, 0.3) is 0 Å². The smallest absolute Gasteiger partial charge is 0.342 e. The minimum atomic E-state index is -1.20. The Kier molecular flexibility index (Phi) is 4.15. The molecule has 0 amide bonds. The molecule has 0 N–H and O–H groups in total. The van der Waals surface area contributed by atoms with E-state index in [2.05, 4.69) is 12.2 Å². The standard InChI is InChI=1S/C18H22O5/c1-3-18(23-12-17-8-6-5-7-14(17)10-17)9-13(11-22-16(18)20)15(19)21-4-2/h5-9,14H,3-4,10-12H2,1-2H3. The summed E-state index contributed by atoms with van der Waals surface area (Å²) < 4.78 is 16.2. The Bertz CT molecular complexity index is 603. The fraction of sp³-hybridized carbons (Fsp3) is 0.556. The zero-order chi connectivity index (χ0) is 16.5. The fourth-order valence-electron chi connectivity index (χ4n) is 3.16. The topological polar surface area (TPSA) is 61.8 Å². The van der Waals surface area contributed by atoms with Gasteiger partial charge in [0.2, 0.25) is 0 Å². The summed E-state index contributed by atoms with van der Waals surface area (Å²) in [7, 11) is 0. The number of carbonyl (C=O) groups excluding carboxylic acids is 2. The first kappa shape index (κ1) is 16.0. The van der Waals surface area contributed by atoms with Crippen molar-refractivity contribution < 1.29 is 23.8 Å². The second-order valence-corrected chi connectivity index (χ2v) is 6.29. The number of fused-ring (bicyclic) bond motifs is 1. The molecule has 3 aliphatic rings. The number of carbonyl (C=O) groups is 2. The van der Waals surface area contributed by atoms with Crippen molar-refractivity contribution in [1.29, 1.82) is 0 Å². The Hall–Kier alpha value is -1.88. The predicted octanol–water partition coefficient (Wildman–Crippen LogP) is 2.33. The van der Waals surface area contributed by atoms with E-state index in [1.54, 1.807) is 13.0 Å². The van der Waals surface area contributed by atoms with Gasteiger partial charge in [-0.25, -0.2) is 9.59 Å². The summed E-state index contributed by atoms with van der Waals surface area (Å²) in [6.07, 6.45) is 11.4. The minimum Gasteiger partial charge on any atom is -0.463 e. The molecule has 5 nitrogen and oxygen atoms in total. The van der Waals surface area contributed by atoms with Gasteiger partial charge in [-0.05, 0) is 31.8 Å². The number of rotatable bonds is 6. The summed E-state index contributed by atoms with van der Waals surface area (Å²) in [5.74, 6) is -0.407. The molecule has 3 unspecified atom stereocenters. The molecule has 1 saturated carbocycles. The number of hydrogen-bond donors (Lipinski definition) is 0. The van der Waals surface area contributed by atoms with Gasteiger partial charge in [0, 0.05) is 5.41 Å². The van der Waals surface area contributed by atoms with E-state index in [9.17, 15) is 9.59 Å². The van der Waals surface area contributed by atoms with Crippen LogP contribution in [0.5, 0.6) is 0 Å². The lowest BCUT2D eigenvalue weighted by Crippen LogP contribution is -2.46. The predicted molar refractivity (Wildman–Crippen MR) is 83.5 cm³/mol. The van der Waals surface area contributed by atoms with Gasteiger partial charge in [-0.3, -0.25) is 0 Å². The summed E-state index contributed by atoms with van der Waals surface area (Å²) >= 11 is 0. The first-order valence-electron chi connectivity index (χ1n) is 8.11. The average Bonchev–Trinajstić information content (AvgIpc) is 3.29. The molecule has 0 aromatic heterocycles. The van der Waals surface area contributed by atoms with E-state index in [-0.39, 0.29) is 18.6 Å². The van der Waals surface area contributed by atoms with Crippen LogP contribution < -0.4 is 0 Å². The Labute approximate surface area is 136 Å². The Morgan fingerprint density at radius 1 is 1.39 bits per heavy atom. The van der Waals surface area contributed by atoms with Gasteiger partial charge in [0.1, 0.15) is 6.61 Å². The molecule has 2 aliphatic carbocycles. The second-order valence-electron chi connectivity index (χ2n) is 6.29. The quantitative estimate of drug-likeness (QED) is 0.703. The molecular formula is C18H22O5. The van der Waals surface area contributed by atoms with Crippen molar-refractivity contribution in [3.8, 4) is 0 Å². The van der Waals surface area contributed by atoms with Crippen LogP contribution in [0.15, 0.2) is 36.0 Å². The lowest BCUT2D eigenvalue weighted by atomic mass is 9.94. The highest BCUT2D eigenvalue weighted by Gasteiger charge is 2.54. The molecule has 124 valence electrons. The summed E-state index contributed by atoms with van der Waals surface area (Å²) in [6.45, 7) is 4.26. The molecular weight excluding hydrogens is 296 g/mol. The highest BCUT2D eigenvalue weighted by Crippen LogP contribution is 2.56. The van der Waals surface area contributed by atoms with E-state index in [4.69, 9.17) is 14.2 Å². The number of hydrogen-bond acceptors (Lipinski definition) is 5. The van der Waals surface area contributed by atoms with Crippen LogP contribution in [0.2, 0.25) is 0 Å². The van der Waals surface area contributed by atoms with Crippen LogP contribution in [0.1, 0.15) is 26.7 Å². The Morgan fingerprint density at radius 3 is 2.91 bits per heavy atom. The third kappa shape index (κ3) is 2.85. The number of esters is 2. The van der Waals surface area contributed by atoms with Crippen molar-refractivity contribution in [2.24, 2.45) is 11.3 Å². The Balaban J connectivity index is 1.76. The molecule has 0 saturated heterocycles. The maximum Gasteiger partial charge on any atom is 0.342 e. The summed E-state index contributed by atoms with van der Waals surface area (Å²) in [5, 5.41) is 0. The van der Waals surface area contributed by atoms with Crippen LogP contribution in [0.4, 0.5) is 0 Å². The van der Waals surface area contributed by atoms with Crippen molar-refractivity contribution in [1.82, 2.24) is 0 Å². The molecule has 0 radical (unpaired) electrons. The molecule has 1 fully saturated rings. The monoisotopic (exact) mass is 318 g/mol. The maximum absolute atomic E-state index is 12.3. The van der Waals surface area contributed by atoms with E-state index < -0.39 is 17.5 Å². The minimum absolute atomic E-state index is 0.00736. The van der Waals surface area contributed by atoms with Crippen LogP contribution in [-0.4, -0.2) is 37.4 Å². The molecule has 0 aromatic carbocycles. The van der Waals surface area contributed by atoms with Gasteiger partial charge in [-0.15, -0.1) is 0 Å². The summed E-state index contributed by atoms with van der Waals surface area (Å²) in [6, 6.07) is 0. The molecule has 1 aliphatic heterocycles. The van der Waals surface area contributed by atoms with E-state index in [0.29, 0.717) is 24.5 Å². The summed E-state index contributed by atoms with van der Waals surface area (Å²) in [4.78, 5) is 24.2. The lowest BCUT2D eigenvalue weighted by molar-refractivity contribution is -0.170. The molecule has 23 heavy (non-hydrogen) atoms. The van der Waals surface area contributed by atoms with Crippen molar-refractivity contribution >= 4 is 11.9 Å². The van der Waals surface area contributed by atoms with Gasteiger partial charge in [-0.1, -0.05) is 31.2 Å². The van der Waals surface area contributed by atoms with Crippen LogP contribution in [0.3, 0.4) is 0 Å². The van der Waals surface area contributed by atoms with Crippen molar-refractivity contribution in [3.05, 3.63) is 36.0 Å². The van der Waals surface area contributed by atoms with Crippen molar-refractivity contribution in [2.75, 3.05) is 19.8 Å². The average molecular weight is 318 g/mol. The summed E-state index contributed by atoms with van der Waals surface area (Å²) in [5.41, 5.74) is -0.860. The second kappa shape index (κ2) is 5.96. The van der Waals surface area contributed by atoms with Gasteiger partial charge in [0.05, 0.1) is 18.8 Å². The third-order valence-electron chi connectivity index (χ3n) is 4.83. The van der Waals surface area contributed by atoms with E-state index in [1.807, 2.05) is 19.1 Å². The maximum atomic E-state index is 12.3. The van der Waals surface area contributed by atoms with Gasteiger partial charge < -0.3 is 14.2 Å². The van der Waals surface area contributed by atoms with Crippen molar-refractivity contribution in [3.63, 3.8) is 0 Å². The van der Waals surface area contributed by atoms with Gasteiger partial charge in [-0.2, -0.15) is 0 Å². The van der Waals surface area contributed by atoms with Crippen molar-refractivity contribution in [2.45, 2.75) is 32.3 Å². The van der Waals surface area contributed by atoms with Crippen LogP contribution >= 0.6 is 0 Å². The zero-order valence-electron chi connectivity index (χ0n) is 13.5. The molecule has 0 bridgehead atoms. The molecule has 3 rings (SSSR count). The first-order valence-corrected chi connectivity index (χ1v) is 8.11. The van der Waals surface area contributed by atoms with Crippen LogP contribution in [0, 0.1) is 11.3 Å². The highest BCUT2D eigenvalue weighted by molar-refractivity contribution is 5.94. The molecule has 5 heteroatoms. The molecule has 3 atom stereocenters. The van der Waals surface area contributed by atoms with E-state index >= 15 is 0 Å². The molecule has 0 aromatic rings. The third-order valence-corrected chi connectivity index (χ3v) is 4.83. The van der Waals surface area contributed by atoms with Gasteiger partial charge in [0.25, 0.3) is 0 Å². The van der Waals surface area contributed by atoms with E-state index in [1.165, 1.54) is 0 Å². The number of ether oxygens (including phenoxy) is 3. The number of allylic oxidation sites excluding steroid dienone is 3. The number of cyclic esters (lactones) is 1. The zero-order valence-corrected chi connectivity index (χ0v) is 13.5. The first-order chi connectivity index (χ1) is 11.1. The SMILES string of the molecule is CCOC(=O)C1=CC(CC)(OCC23C=CC=CC2C3)C(=O)OC1. The molecule has 1 heterocycles. The lowest BCUT2D eigenvalue weighted by Gasteiger charge is -2.33. The van der Waals surface area contributed by atoms with E-state index in [0.717, 1.165) is 6.42 Å². The van der Waals surface area contributed by atoms with Gasteiger partial charge in [0.15, 0.2) is 5.60 Å². The molecule has 0 spiro atoms. The fourth-order valence-corrected chi connectivity index (χ4v) is 3.16. The van der Waals surface area contributed by atoms with Gasteiger partial charge >= 0.3 is 11.9 Å². The normalized spacial score (nSPS) is 34.4. The highest BCUT2D eigenvalue weighted by atomic mass is 16.6. The Morgan fingerprint density at radius 2 is 2.22 bits per heavy atom. The van der Waals surface area contributed by atoms with Crippen LogP contribution in [-0.2, 0) is 23.8 Å².